The van der Waals surface area contributed by atoms with Gasteiger partial charge in [0.05, 0.1) is 12.5 Å². The molecule has 2 heterocycles. The minimum Gasteiger partial charge on any atom is -0.342 e. The van der Waals surface area contributed by atoms with E-state index in [9.17, 15) is 4.79 Å². The Balaban J connectivity index is 1.36. The van der Waals surface area contributed by atoms with Gasteiger partial charge in [-0.2, -0.15) is 4.98 Å². The number of aryl methyl sites for hydroxylation is 1. The Labute approximate surface area is 173 Å². The first kappa shape index (κ1) is 20.1. The number of rotatable bonds is 5. The molecule has 6 heteroatoms. The molecule has 2 fully saturated rings. The maximum absolute atomic E-state index is 13.1. The van der Waals surface area contributed by atoms with Gasteiger partial charge < -0.3 is 9.42 Å². The number of carbonyl (C=O) groups is 1. The summed E-state index contributed by atoms with van der Waals surface area (Å²) in [6.07, 6.45) is 8.13. The summed E-state index contributed by atoms with van der Waals surface area (Å²) in [6.45, 7) is 4.41. The summed E-state index contributed by atoms with van der Waals surface area (Å²) in [5.41, 5.74) is 2.15. The molecule has 156 valence electrons. The van der Waals surface area contributed by atoms with Crippen LogP contribution in [0.15, 0.2) is 28.8 Å². The molecule has 1 aliphatic carbocycles. The molecular weight excluding hydrogens is 364 g/mol. The largest absolute Gasteiger partial charge is 0.342 e. The van der Waals surface area contributed by atoms with Crippen LogP contribution < -0.4 is 0 Å². The van der Waals surface area contributed by atoms with Crippen molar-refractivity contribution < 1.29 is 9.32 Å². The van der Waals surface area contributed by atoms with Crippen molar-refractivity contribution in [2.45, 2.75) is 64.5 Å². The minimum absolute atomic E-state index is 0.0786. The van der Waals surface area contributed by atoms with Crippen LogP contribution in [-0.4, -0.2) is 52.0 Å². The van der Waals surface area contributed by atoms with Crippen molar-refractivity contribution in [3.63, 3.8) is 0 Å². The smallest absolute Gasteiger partial charge is 0.241 e. The van der Waals surface area contributed by atoms with Crippen LogP contribution in [0.1, 0.15) is 56.4 Å². The molecule has 0 radical (unpaired) electrons. The Bertz CT molecular complexity index is 828. The normalized spacial score (nSPS) is 21.2. The highest BCUT2D eigenvalue weighted by molar-refractivity contribution is 5.79. The molecule has 1 saturated carbocycles. The van der Waals surface area contributed by atoms with E-state index < -0.39 is 0 Å². The van der Waals surface area contributed by atoms with Crippen molar-refractivity contribution in [2.24, 2.45) is 5.92 Å². The zero-order valence-corrected chi connectivity index (χ0v) is 17.6. The van der Waals surface area contributed by atoms with Gasteiger partial charge in [-0.15, -0.1) is 0 Å². The summed E-state index contributed by atoms with van der Waals surface area (Å²) in [5.74, 6) is 1.64. The van der Waals surface area contributed by atoms with Crippen molar-refractivity contribution >= 4 is 5.91 Å². The second-order valence-corrected chi connectivity index (χ2v) is 8.70. The number of likely N-dealkylation sites (tertiary alicyclic amines) is 1. The number of carbonyl (C=O) groups excluding carboxylic acids is 1. The topological polar surface area (TPSA) is 62.5 Å². The average Bonchev–Trinajstić information content (AvgIpc) is 3.22. The van der Waals surface area contributed by atoms with Gasteiger partial charge in [-0.3, -0.25) is 9.69 Å². The van der Waals surface area contributed by atoms with Gasteiger partial charge in [-0.25, -0.2) is 0 Å². The fraction of sp³-hybridized carbons (Fsp3) is 0.609. The molecule has 0 N–H and O–H groups in total. The molecule has 1 aromatic heterocycles. The Morgan fingerprint density at radius 3 is 2.83 bits per heavy atom. The van der Waals surface area contributed by atoms with Crippen molar-refractivity contribution in [2.75, 3.05) is 20.1 Å². The molecule has 1 saturated heterocycles. The highest BCUT2D eigenvalue weighted by Crippen LogP contribution is 2.26. The van der Waals surface area contributed by atoms with Crippen molar-refractivity contribution in [3.05, 3.63) is 35.7 Å². The number of piperidine rings is 1. The highest BCUT2D eigenvalue weighted by Gasteiger charge is 2.31. The quantitative estimate of drug-likeness (QED) is 0.763. The van der Waals surface area contributed by atoms with E-state index in [4.69, 9.17) is 4.52 Å². The Morgan fingerprint density at radius 1 is 1.21 bits per heavy atom. The van der Waals surface area contributed by atoms with Crippen molar-refractivity contribution in [1.82, 2.24) is 19.9 Å². The number of hydrogen-bond acceptors (Lipinski definition) is 5. The minimum atomic E-state index is 0.0786. The second kappa shape index (κ2) is 9.08. The first-order valence-electron chi connectivity index (χ1n) is 11.0. The lowest BCUT2D eigenvalue weighted by atomic mass is 9.91. The molecule has 1 atom stereocenters. The summed E-state index contributed by atoms with van der Waals surface area (Å²) in [4.78, 5) is 22.0. The third-order valence-electron chi connectivity index (χ3n) is 6.43. The van der Waals surface area contributed by atoms with Crippen molar-refractivity contribution in [1.29, 1.82) is 0 Å². The van der Waals surface area contributed by atoms with Gasteiger partial charge in [0.15, 0.2) is 0 Å². The Hall–Kier alpha value is -2.21. The van der Waals surface area contributed by atoms with Gasteiger partial charge >= 0.3 is 0 Å². The highest BCUT2D eigenvalue weighted by atomic mass is 16.5. The molecule has 6 nitrogen and oxygen atoms in total. The molecule has 1 amide bonds. The van der Waals surface area contributed by atoms with E-state index in [1.54, 1.807) is 0 Å². The van der Waals surface area contributed by atoms with Gasteiger partial charge in [-0.05, 0) is 45.2 Å². The maximum atomic E-state index is 13.1. The number of hydrogen-bond donors (Lipinski definition) is 0. The molecule has 0 bridgehead atoms. The summed E-state index contributed by atoms with van der Waals surface area (Å²) >= 11 is 0. The molecule has 2 aliphatic rings. The Kier molecular flexibility index (Phi) is 6.28. The molecule has 2 aromatic rings. The molecule has 29 heavy (non-hydrogen) atoms. The summed E-state index contributed by atoms with van der Waals surface area (Å²) < 4.78 is 5.50. The van der Waals surface area contributed by atoms with E-state index in [-0.39, 0.29) is 5.92 Å². The lowest BCUT2D eigenvalue weighted by Crippen LogP contribution is -2.47. The number of aromatic nitrogens is 2. The van der Waals surface area contributed by atoms with E-state index in [0.717, 1.165) is 44.3 Å². The molecular formula is C23H32N4O2. The van der Waals surface area contributed by atoms with Crippen LogP contribution >= 0.6 is 0 Å². The standard InChI is InChI=1S/C23H32N4O2/c1-17-8-6-9-18(14-17)22-24-21(29-25-22)16-27-13-7-10-19(15-27)23(28)26(2)20-11-4-3-5-12-20/h6,8-9,14,19-20H,3-5,7,10-13,15-16H2,1-2H3. The predicted octanol–water partition coefficient (Wildman–Crippen LogP) is 4.05. The maximum Gasteiger partial charge on any atom is 0.241 e. The van der Waals surface area contributed by atoms with E-state index in [1.807, 2.05) is 24.1 Å². The van der Waals surface area contributed by atoms with Gasteiger partial charge in [0.1, 0.15) is 0 Å². The van der Waals surface area contributed by atoms with Crippen LogP contribution in [0.4, 0.5) is 0 Å². The monoisotopic (exact) mass is 396 g/mol. The molecule has 1 aromatic carbocycles. The molecule has 0 spiro atoms. The third kappa shape index (κ3) is 4.86. The lowest BCUT2D eigenvalue weighted by Gasteiger charge is -2.37. The average molecular weight is 397 g/mol. The predicted molar refractivity (Wildman–Crippen MR) is 112 cm³/mol. The van der Waals surface area contributed by atoms with Crippen LogP contribution in [0.25, 0.3) is 11.4 Å². The zero-order chi connectivity index (χ0) is 20.2. The van der Waals surface area contributed by atoms with Gasteiger partial charge in [0, 0.05) is 25.2 Å². The van der Waals surface area contributed by atoms with Crippen LogP contribution in [0.3, 0.4) is 0 Å². The molecule has 1 aliphatic heterocycles. The fourth-order valence-electron chi connectivity index (χ4n) is 4.75. The van der Waals surface area contributed by atoms with E-state index in [0.29, 0.717) is 30.2 Å². The Morgan fingerprint density at radius 2 is 2.03 bits per heavy atom. The third-order valence-corrected chi connectivity index (χ3v) is 6.43. The summed E-state index contributed by atoms with van der Waals surface area (Å²) in [6, 6.07) is 8.55. The summed E-state index contributed by atoms with van der Waals surface area (Å²) in [5, 5.41) is 4.15. The first-order valence-corrected chi connectivity index (χ1v) is 11.0. The fourth-order valence-corrected chi connectivity index (χ4v) is 4.75. The number of benzene rings is 1. The molecule has 1 unspecified atom stereocenters. The van der Waals surface area contributed by atoms with Gasteiger partial charge in [0.2, 0.25) is 17.6 Å². The van der Waals surface area contributed by atoms with Gasteiger partial charge in [-0.1, -0.05) is 48.2 Å². The summed E-state index contributed by atoms with van der Waals surface area (Å²) in [7, 11) is 2.00. The number of nitrogens with zero attached hydrogens (tertiary/aromatic N) is 4. The number of amides is 1. The van der Waals surface area contributed by atoms with E-state index >= 15 is 0 Å². The second-order valence-electron chi connectivity index (χ2n) is 8.70. The van der Waals surface area contributed by atoms with E-state index in [2.05, 4.69) is 34.1 Å². The molecule has 4 rings (SSSR count). The van der Waals surface area contributed by atoms with Crippen LogP contribution in [0.2, 0.25) is 0 Å². The SMILES string of the molecule is Cc1cccc(-c2noc(CN3CCCC(C(=O)N(C)C4CCCCC4)C3)n2)c1. The van der Waals surface area contributed by atoms with E-state index in [1.165, 1.54) is 24.8 Å². The first-order chi connectivity index (χ1) is 14.1. The zero-order valence-electron chi connectivity index (χ0n) is 17.6. The van der Waals surface area contributed by atoms with Crippen LogP contribution in [-0.2, 0) is 11.3 Å². The van der Waals surface area contributed by atoms with Crippen molar-refractivity contribution in [3.8, 4) is 11.4 Å². The van der Waals surface area contributed by atoms with Crippen LogP contribution in [0.5, 0.6) is 0 Å². The lowest BCUT2D eigenvalue weighted by molar-refractivity contribution is -0.138. The van der Waals surface area contributed by atoms with Gasteiger partial charge in [0.25, 0.3) is 0 Å². The van der Waals surface area contributed by atoms with Crippen LogP contribution in [0, 0.1) is 12.8 Å².